The lowest BCUT2D eigenvalue weighted by Crippen LogP contribution is -2.30. The molecule has 1 aliphatic heterocycles. The Kier molecular flexibility index (Phi) is 4.80. The van der Waals surface area contributed by atoms with Crippen molar-refractivity contribution in [3.05, 3.63) is 22.8 Å². The van der Waals surface area contributed by atoms with E-state index in [1.54, 1.807) is 0 Å². The van der Waals surface area contributed by atoms with Gasteiger partial charge in [-0.2, -0.15) is 0 Å². The predicted molar refractivity (Wildman–Crippen MR) is 75.3 cm³/mol. The molecule has 0 atom stereocenters. The normalized spacial score (nSPS) is 18.2. The highest BCUT2D eigenvalue weighted by Crippen LogP contribution is 2.21. The monoisotopic (exact) mass is 297 g/mol. The molecular formula is C13H20BrN3. The fraction of sp³-hybridized carbons (Fsp3) is 0.615. The van der Waals surface area contributed by atoms with E-state index < -0.39 is 0 Å². The predicted octanol–water partition coefficient (Wildman–Crippen LogP) is 2.99. The number of halogens is 1. The molecule has 0 spiro atoms. The van der Waals surface area contributed by atoms with Crippen molar-refractivity contribution in [3.63, 3.8) is 0 Å². The number of piperidine rings is 1. The molecule has 1 N–H and O–H groups in total. The summed E-state index contributed by atoms with van der Waals surface area (Å²) < 4.78 is 1.04. The van der Waals surface area contributed by atoms with E-state index in [0.29, 0.717) is 0 Å². The number of nitrogens with zero attached hydrogens (tertiary/aromatic N) is 2. The molecule has 0 amide bonds. The first-order valence-corrected chi connectivity index (χ1v) is 7.08. The highest BCUT2D eigenvalue weighted by molar-refractivity contribution is 9.10. The van der Waals surface area contributed by atoms with E-state index in [-0.39, 0.29) is 0 Å². The lowest BCUT2D eigenvalue weighted by molar-refractivity contribution is 0.215. The number of hydrogen-bond acceptors (Lipinski definition) is 3. The van der Waals surface area contributed by atoms with Crippen LogP contribution in [0.5, 0.6) is 0 Å². The second kappa shape index (κ2) is 6.36. The lowest BCUT2D eigenvalue weighted by Gasteiger charge is -2.28. The van der Waals surface area contributed by atoms with Gasteiger partial charge in [-0.1, -0.05) is 0 Å². The number of anilines is 1. The van der Waals surface area contributed by atoms with Gasteiger partial charge in [-0.3, -0.25) is 0 Å². The minimum atomic E-state index is 0.876. The van der Waals surface area contributed by atoms with Crippen LogP contribution >= 0.6 is 15.9 Å². The Balaban J connectivity index is 1.71. The van der Waals surface area contributed by atoms with Crippen molar-refractivity contribution in [1.82, 2.24) is 9.88 Å². The molecule has 1 aliphatic rings. The molecule has 0 saturated carbocycles. The third-order valence-electron chi connectivity index (χ3n) is 3.44. The number of hydrogen-bond donors (Lipinski definition) is 1. The summed E-state index contributed by atoms with van der Waals surface area (Å²) in [5, 5.41) is 3.40. The van der Waals surface area contributed by atoms with Crippen molar-refractivity contribution in [2.45, 2.75) is 19.3 Å². The fourth-order valence-corrected chi connectivity index (χ4v) is 2.66. The lowest BCUT2D eigenvalue weighted by atomic mass is 9.94. The highest BCUT2D eigenvalue weighted by Gasteiger charge is 2.16. The Morgan fingerprint density at radius 1 is 1.47 bits per heavy atom. The van der Waals surface area contributed by atoms with E-state index in [4.69, 9.17) is 0 Å². The van der Waals surface area contributed by atoms with Gasteiger partial charge in [0.2, 0.25) is 0 Å². The number of aromatic nitrogens is 1. The van der Waals surface area contributed by atoms with Crippen molar-refractivity contribution < 1.29 is 0 Å². The van der Waals surface area contributed by atoms with Crippen molar-refractivity contribution in [3.8, 4) is 0 Å². The average Bonchev–Trinajstić information content (AvgIpc) is 2.34. The van der Waals surface area contributed by atoms with E-state index in [1.807, 2.05) is 18.3 Å². The largest absolute Gasteiger partial charge is 0.369 e. The minimum Gasteiger partial charge on any atom is -0.369 e. The summed E-state index contributed by atoms with van der Waals surface area (Å²) in [5.74, 6) is 1.83. The molecule has 3 nitrogen and oxygen atoms in total. The number of pyridine rings is 1. The van der Waals surface area contributed by atoms with Crippen LogP contribution in [-0.4, -0.2) is 36.6 Å². The zero-order valence-corrected chi connectivity index (χ0v) is 11.9. The third-order valence-corrected chi connectivity index (χ3v) is 4.08. The minimum absolute atomic E-state index is 0.876. The molecule has 0 radical (unpaired) electrons. The van der Waals surface area contributed by atoms with Gasteiger partial charge in [0, 0.05) is 12.7 Å². The molecule has 1 fully saturated rings. The summed E-state index contributed by atoms with van der Waals surface area (Å²) in [6, 6.07) is 3.96. The summed E-state index contributed by atoms with van der Waals surface area (Å²) in [7, 11) is 2.21. The standard InChI is InChI=1S/C13H20BrN3/c1-17-9-5-11(6-10-17)4-8-16-13-12(14)3-2-7-15-13/h2-3,7,11H,4-6,8-10H2,1H3,(H,15,16). The van der Waals surface area contributed by atoms with Crippen LogP contribution in [0.4, 0.5) is 5.82 Å². The summed E-state index contributed by atoms with van der Waals surface area (Å²) in [5.41, 5.74) is 0. The van der Waals surface area contributed by atoms with Crippen LogP contribution in [0.2, 0.25) is 0 Å². The molecule has 0 unspecified atom stereocenters. The van der Waals surface area contributed by atoms with Crippen LogP contribution in [-0.2, 0) is 0 Å². The molecule has 2 heterocycles. The Morgan fingerprint density at radius 3 is 2.94 bits per heavy atom. The van der Waals surface area contributed by atoms with Crippen LogP contribution in [0.25, 0.3) is 0 Å². The number of rotatable bonds is 4. The Bertz CT molecular complexity index is 348. The van der Waals surface area contributed by atoms with E-state index in [0.717, 1.165) is 22.8 Å². The van der Waals surface area contributed by atoms with Crippen LogP contribution in [0.3, 0.4) is 0 Å². The first-order valence-electron chi connectivity index (χ1n) is 6.28. The van der Waals surface area contributed by atoms with E-state index >= 15 is 0 Å². The van der Waals surface area contributed by atoms with Gasteiger partial charge >= 0.3 is 0 Å². The van der Waals surface area contributed by atoms with Crippen molar-refractivity contribution >= 4 is 21.7 Å². The van der Waals surface area contributed by atoms with Gasteiger partial charge in [0.05, 0.1) is 4.47 Å². The van der Waals surface area contributed by atoms with Crippen LogP contribution < -0.4 is 5.32 Å². The molecule has 0 aliphatic carbocycles. The first-order chi connectivity index (χ1) is 8.25. The van der Waals surface area contributed by atoms with Gasteiger partial charge in [-0.25, -0.2) is 4.98 Å². The van der Waals surface area contributed by atoms with Gasteiger partial charge in [0.25, 0.3) is 0 Å². The summed E-state index contributed by atoms with van der Waals surface area (Å²) >= 11 is 3.50. The second-order valence-electron chi connectivity index (χ2n) is 4.80. The van der Waals surface area contributed by atoms with Gasteiger partial charge in [-0.15, -0.1) is 0 Å². The maximum Gasteiger partial charge on any atom is 0.140 e. The highest BCUT2D eigenvalue weighted by atomic mass is 79.9. The molecule has 1 aromatic rings. The second-order valence-corrected chi connectivity index (χ2v) is 5.65. The Morgan fingerprint density at radius 2 is 2.24 bits per heavy atom. The van der Waals surface area contributed by atoms with Gasteiger partial charge in [0.1, 0.15) is 5.82 Å². The van der Waals surface area contributed by atoms with Gasteiger partial charge in [0.15, 0.2) is 0 Å². The van der Waals surface area contributed by atoms with Crippen molar-refractivity contribution in [2.24, 2.45) is 5.92 Å². The molecule has 4 heteroatoms. The summed E-state index contributed by atoms with van der Waals surface area (Å²) in [6.07, 6.45) is 5.74. The zero-order valence-electron chi connectivity index (χ0n) is 10.3. The molecule has 94 valence electrons. The third kappa shape index (κ3) is 3.96. The molecular weight excluding hydrogens is 278 g/mol. The fourth-order valence-electron chi connectivity index (χ4n) is 2.26. The molecule has 1 saturated heterocycles. The molecule has 2 rings (SSSR count). The zero-order chi connectivity index (χ0) is 12.1. The van der Waals surface area contributed by atoms with Crippen molar-refractivity contribution in [2.75, 3.05) is 32.0 Å². The number of nitrogens with one attached hydrogen (secondary N) is 1. The topological polar surface area (TPSA) is 28.2 Å². The van der Waals surface area contributed by atoms with E-state index in [2.05, 4.69) is 38.2 Å². The summed E-state index contributed by atoms with van der Waals surface area (Å²) in [6.45, 7) is 3.51. The summed E-state index contributed by atoms with van der Waals surface area (Å²) in [4.78, 5) is 6.72. The maximum absolute atomic E-state index is 4.31. The molecule has 0 aromatic carbocycles. The van der Waals surface area contributed by atoms with Gasteiger partial charge in [-0.05, 0) is 73.4 Å². The Hall–Kier alpha value is -0.610. The molecule has 17 heavy (non-hydrogen) atoms. The first kappa shape index (κ1) is 12.8. The smallest absolute Gasteiger partial charge is 0.140 e. The van der Waals surface area contributed by atoms with Gasteiger partial charge < -0.3 is 10.2 Å². The van der Waals surface area contributed by atoms with E-state index in [9.17, 15) is 0 Å². The quantitative estimate of drug-likeness (QED) is 0.926. The average molecular weight is 298 g/mol. The van der Waals surface area contributed by atoms with Crippen molar-refractivity contribution in [1.29, 1.82) is 0 Å². The maximum atomic E-state index is 4.31. The van der Waals surface area contributed by atoms with Crippen LogP contribution in [0, 0.1) is 5.92 Å². The van der Waals surface area contributed by atoms with Crippen LogP contribution in [0.1, 0.15) is 19.3 Å². The van der Waals surface area contributed by atoms with Crippen LogP contribution in [0.15, 0.2) is 22.8 Å². The number of likely N-dealkylation sites (tertiary alicyclic amines) is 1. The molecule has 0 bridgehead atoms. The molecule has 1 aromatic heterocycles. The van der Waals surface area contributed by atoms with E-state index in [1.165, 1.54) is 32.4 Å². The Labute approximate surface area is 112 Å². The SMILES string of the molecule is CN1CCC(CCNc2ncccc2Br)CC1.